The second-order valence-electron chi connectivity index (χ2n) is 6.14. The van der Waals surface area contributed by atoms with Crippen molar-refractivity contribution in [1.29, 1.82) is 0 Å². The predicted molar refractivity (Wildman–Crippen MR) is 92.4 cm³/mol. The predicted octanol–water partition coefficient (Wildman–Crippen LogP) is 3.73. The summed E-state index contributed by atoms with van der Waals surface area (Å²) in [4.78, 5) is 2.33. The van der Waals surface area contributed by atoms with Crippen LogP contribution in [-0.4, -0.2) is 18.7 Å². The Morgan fingerprint density at radius 3 is 2.91 bits per heavy atom. The topological polar surface area (TPSA) is 35.5 Å². The van der Waals surface area contributed by atoms with Crippen molar-refractivity contribution in [2.75, 3.05) is 23.8 Å². The molecule has 3 heteroatoms. The van der Waals surface area contributed by atoms with Crippen LogP contribution in [0.25, 0.3) is 0 Å². The van der Waals surface area contributed by atoms with E-state index in [4.69, 9.17) is 0 Å². The summed E-state index contributed by atoms with van der Waals surface area (Å²) in [6, 6.07) is 15.0. The standard InChI is InChI=1S/C19H24N2O/c1-14(16-6-3-5-15(11-16)13-22)20-18-8-9-19-17(12-18)7-4-10-21(19)2/h3,5-6,8-9,11-12,14,20,22H,4,7,10,13H2,1-2H3. The lowest BCUT2D eigenvalue weighted by molar-refractivity contribution is 0.281. The summed E-state index contributed by atoms with van der Waals surface area (Å²) in [6.07, 6.45) is 2.38. The van der Waals surface area contributed by atoms with Crippen molar-refractivity contribution < 1.29 is 5.11 Å². The molecule has 0 spiro atoms. The van der Waals surface area contributed by atoms with Crippen LogP contribution in [0.1, 0.15) is 36.1 Å². The minimum Gasteiger partial charge on any atom is -0.392 e. The maximum absolute atomic E-state index is 9.27. The van der Waals surface area contributed by atoms with Crippen molar-refractivity contribution in [2.24, 2.45) is 0 Å². The highest BCUT2D eigenvalue weighted by molar-refractivity contribution is 5.62. The summed E-state index contributed by atoms with van der Waals surface area (Å²) in [6.45, 7) is 3.39. The molecule has 0 aliphatic carbocycles. The van der Waals surface area contributed by atoms with Gasteiger partial charge >= 0.3 is 0 Å². The zero-order chi connectivity index (χ0) is 15.5. The van der Waals surface area contributed by atoms with Gasteiger partial charge in [0.25, 0.3) is 0 Å². The summed E-state index contributed by atoms with van der Waals surface area (Å²) < 4.78 is 0. The molecule has 0 fully saturated rings. The monoisotopic (exact) mass is 296 g/mol. The van der Waals surface area contributed by atoms with Gasteiger partial charge in [-0.05, 0) is 54.7 Å². The van der Waals surface area contributed by atoms with Crippen molar-refractivity contribution in [1.82, 2.24) is 0 Å². The molecule has 22 heavy (non-hydrogen) atoms. The van der Waals surface area contributed by atoms with Gasteiger partial charge < -0.3 is 15.3 Å². The van der Waals surface area contributed by atoms with Crippen LogP contribution in [0.15, 0.2) is 42.5 Å². The van der Waals surface area contributed by atoms with E-state index in [1.807, 2.05) is 12.1 Å². The van der Waals surface area contributed by atoms with Gasteiger partial charge in [0.05, 0.1) is 6.61 Å². The Labute approximate surface area is 132 Å². The van der Waals surface area contributed by atoms with E-state index in [0.717, 1.165) is 24.2 Å². The molecule has 0 aromatic heterocycles. The zero-order valence-electron chi connectivity index (χ0n) is 13.3. The SMILES string of the molecule is CC(Nc1ccc2c(c1)CCCN2C)c1cccc(CO)c1. The second kappa shape index (κ2) is 6.41. The second-order valence-corrected chi connectivity index (χ2v) is 6.14. The number of nitrogens with zero attached hydrogens (tertiary/aromatic N) is 1. The Hall–Kier alpha value is -2.00. The number of aryl methyl sites for hydroxylation is 1. The van der Waals surface area contributed by atoms with Crippen LogP contribution in [0.2, 0.25) is 0 Å². The van der Waals surface area contributed by atoms with E-state index in [9.17, 15) is 5.11 Å². The van der Waals surface area contributed by atoms with E-state index in [1.165, 1.54) is 23.2 Å². The highest BCUT2D eigenvalue weighted by Gasteiger charge is 2.14. The molecule has 1 heterocycles. The van der Waals surface area contributed by atoms with E-state index in [0.29, 0.717) is 0 Å². The quantitative estimate of drug-likeness (QED) is 0.902. The number of nitrogens with one attached hydrogen (secondary N) is 1. The van der Waals surface area contributed by atoms with Crippen molar-refractivity contribution in [3.05, 3.63) is 59.2 Å². The minimum absolute atomic E-state index is 0.0890. The van der Waals surface area contributed by atoms with Crippen molar-refractivity contribution in [3.8, 4) is 0 Å². The van der Waals surface area contributed by atoms with Crippen LogP contribution in [0, 0.1) is 0 Å². The van der Waals surface area contributed by atoms with Crippen LogP contribution in [0.5, 0.6) is 0 Å². The fourth-order valence-corrected chi connectivity index (χ4v) is 3.17. The Morgan fingerprint density at radius 2 is 2.09 bits per heavy atom. The molecule has 3 rings (SSSR count). The highest BCUT2D eigenvalue weighted by atomic mass is 16.3. The third kappa shape index (κ3) is 3.09. The molecule has 1 unspecified atom stereocenters. The Morgan fingerprint density at radius 1 is 1.23 bits per heavy atom. The molecule has 2 N–H and O–H groups in total. The van der Waals surface area contributed by atoms with Gasteiger partial charge in [0.15, 0.2) is 0 Å². The molecular weight excluding hydrogens is 272 g/mol. The number of rotatable bonds is 4. The molecule has 1 atom stereocenters. The van der Waals surface area contributed by atoms with Crippen LogP contribution in [0.4, 0.5) is 11.4 Å². The number of aliphatic hydroxyl groups is 1. The number of benzene rings is 2. The smallest absolute Gasteiger partial charge is 0.0681 e. The molecule has 0 bridgehead atoms. The van der Waals surface area contributed by atoms with Gasteiger partial charge in [-0.3, -0.25) is 0 Å². The van der Waals surface area contributed by atoms with Gasteiger partial charge in [-0.2, -0.15) is 0 Å². The third-order valence-electron chi connectivity index (χ3n) is 4.45. The van der Waals surface area contributed by atoms with Gasteiger partial charge in [0, 0.05) is 31.0 Å². The molecule has 2 aromatic carbocycles. The van der Waals surface area contributed by atoms with E-state index < -0.39 is 0 Å². The molecule has 0 saturated heterocycles. The highest BCUT2D eigenvalue weighted by Crippen LogP contribution is 2.30. The molecule has 1 aliphatic rings. The number of aliphatic hydroxyl groups excluding tert-OH is 1. The molecule has 116 valence electrons. The van der Waals surface area contributed by atoms with Crippen molar-refractivity contribution in [2.45, 2.75) is 32.4 Å². The van der Waals surface area contributed by atoms with Gasteiger partial charge in [-0.25, -0.2) is 0 Å². The number of fused-ring (bicyclic) bond motifs is 1. The summed E-state index contributed by atoms with van der Waals surface area (Å²) in [7, 11) is 2.16. The van der Waals surface area contributed by atoms with Gasteiger partial charge in [-0.15, -0.1) is 0 Å². The lowest BCUT2D eigenvalue weighted by Crippen LogP contribution is -2.24. The maximum Gasteiger partial charge on any atom is 0.0681 e. The van der Waals surface area contributed by atoms with Gasteiger partial charge in [0.1, 0.15) is 0 Å². The first-order valence-corrected chi connectivity index (χ1v) is 7.97. The molecular formula is C19H24N2O. The first kappa shape index (κ1) is 14.9. The van der Waals surface area contributed by atoms with Crippen molar-refractivity contribution in [3.63, 3.8) is 0 Å². The van der Waals surface area contributed by atoms with E-state index in [-0.39, 0.29) is 12.6 Å². The Balaban J connectivity index is 1.77. The first-order chi connectivity index (χ1) is 10.7. The lowest BCUT2D eigenvalue weighted by Gasteiger charge is -2.28. The average molecular weight is 296 g/mol. The minimum atomic E-state index is 0.0890. The summed E-state index contributed by atoms with van der Waals surface area (Å²) in [5.74, 6) is 0. The fourth-order valence-electron chi connectivity index (χ4n) is 3.17. The molecule has 3 nitrogen and oxygen atoms in total. The number of hydrogen-bond donors (Lipinski definition) is 2. The fraction of sp³-hybridized carbons (Fsp3) is 0.368. The van der Waals surface area contributed by atoms with Crippen LogP contribution in [0.3, 0.4) is 0 Å². The molecule has 0 radical (unpaired) electrons. The van der Waals surface area contributed by atoms with E-state index in [2.05, 4.69) is 54.5 Å². The van der Waals surface area contributed by atoms with Crippen LogP contribution >= 0.6 is 0 Å². The summed E-state index contributed by atoms with van der Waals surface area (Å²) in [5.41, 5.74) is 6.09. The Kier molecular flexibility index (Phi) is 4.34. The first-order valence-electron chi connectivity index (χ1n) is 7.97. The van der Waals surface area contributed by atoms with E-state index in [1.54, 1.807) is 0 Å². The molecule has 2 aromatic rings. The van der Waals surface area contributed by atoms with Crippen LogP contribution in [-0.2, 0) is 13.0 Å². The number of hydrogen-bond acceptors (Lipinski definition) is 3. The lowest BCUT2D eigenvalue weighted by atomic mass is 10.0. The third-order valence-corrected chi connectivity index (χ3v) is 4.45. The number of anilines is 2. The largest absolute Gasteiger partial charge is 0.392 e. The maximum atomic E-state index is 9.27. The van der Waals surface area contributed by atoms with E-state index >= 15 is 0 Å². The molecule has 1 aliphatic heterocycles. The zero-order valence-corrected chi connectivity index (χ0v) is 13.3. The van der Waals surface area contributed by atoms with Gasteiger partial charge in [0.2, 0.25) is 0 Å². The van der Waals surface area contributed by atoms with Gasteiger partial charge in [-0.1, -0.05) is 24.3 Å². The molecule has 0 amide bonds. The van der Waals surface area contributed by atoms with Crippen LogP contribution < -0.4 is 10.2 Å². The normalized spacial score (nSPS) is 15.3. The summed E-state index contributed by atoms with van der Waals surface area (Å²) >= 11 is 0. The molecule has 0 saturated carbocycles. The summed E-state index contributed by atoms with van der Waals surface area (Å²) in [5, 5.41) is 12.8. The Bertz CT molecular complexity index is 654. The average Bonchev–Trinajstić information content (AvgIpc) is 2.55. The van der Waals surface area contributed by atoms with Crippen molar-refractivity contribution >= 4 is 11.4 Å².